The van der Waals surface area contributed by atoms with Crippen LogP contribution >= 0.6 is 0 Å². The van der Waals surface area contributed by atoms with E-state index in [9.17, 15) is 4.79 Å². The zero-order valence-electron chi connectivity index (χ0n) is 16.1. The van der Waals surface area contributed by atoms with Crippen LogP contribution in [0.25, 0.3) is 11.0 Å². The monoisotopic (exact) mass is 365 g/mol. The number of fused-ring (bicyclic) bond motifs is 1. The molecule has 0 fully saturated rings. The van der Waals surface area contributed by atoms with E-state index >= 15 is 0 Å². The minimum Gasteiger partial charge on any atom is -0.493 e. The Bertz CT molecular complexity index is 902. The third-order valence-corrected chi connectivity index (χ3v) is 4.88. The number of imidazole rings is 1. The van der Waals surface area contributed by atoms with Gasteiger partial charge in [-0.2, -0.15) is 0 Å². The summed E-state index contributed by atoms with van der Waals surface area (Å²) in [6.07, 6.45) is 3.37. The van der Waals surface area contributed by atoms with E-state index in [-0.39, 0.29) is 0 Å². The molecule has 0 bridgehead atoms. The number of ether oxygens (including phenoxy) is 1. The largest absolute Gasteiger partial charge is 0.493 e. The molecule has 0 atom stereocenters. The predicted octanol–water partition coefficient (Wildman–Crippen LogP) is 3.80. The second kappa shape index (κ2) is 9.21. The van der Waals surface area contributed by atoms with Gasteiger partial charge in [0.25, 0.3) is 0 Å². The van der Waals surface area contributed by atoms with E-state index in [1.807, 2.05) is 30.3 Å². The molecular weight excluding hydrogens is 338 g/mol. The zero-order valence-corrected chi connectivity index (χ0v) is 16.1. The van der Waals surface area contributed by atoms with Crippen LogP contribution in [0.4, 0.5) is 0 Å². The van der Waals surface area contributed by atoms with Gasteiger partial charge >= 0.3 is 0 Å². The molecule has 5 nitrogen and oxygen atoms in total. The highest BCUT2D eigenvalue weighted by atomic mass is 16.5. The maximum absolute atomic E-state index is 10.4. The molecule has 2 aromatic carbocycles. The van der Waals surface area contributed by atoms with E-state index in [4.69, 9.17) is 9.72 Å². The van der Waals surface area contributed by atoms with Crippen LogP contribution in [0.2, 0.25) is 0 Å². The lowest BCUT2D eigenvalue weighted by Gasteiger charge is -2.12. The Labute approximate surface area is 160 Å². The SMILES string of the molecule is Cc1cccc(OCCCn2c(CCCNC=O)nc3ccccc32)c1C. The first-order chi connectivity index (χ1) is 13.2. The van der Waals surface area contributed by atoms with E-state index in [0.29, 0.717) is 13.2 Å². The van der Waals surface area contributed by atoms with Crippen molar-refractivity contribution in [2.24, 2.45) is 0 Å². The number of amides is 1. The first-order valence-electron chi connectivity index (χ1n) is 9.51. The lowest BCUT2D eigenvalue weighted by molar-refractivity contribution is -0.109. The molecule has 3 aromatic rings. The lowest BCUT2D eigenvalue weighted by atomic mass is 10.1. The fourth-order valence-electron chi connectivity index (χ4n) is 3.26. The third-order valence-electron chi connectivity index (χ3n) is 4.88. The van der Waals surface area contributed by atoms with Crippen molar-refractivity contribution in [2.45, 2.75) is 39.7 Å². The molecule has 0 unspecified atom stereocenters. The maximum Gasteiger partial charge on any atom is 0.207 e. The minimum absolute atomic E-state index is 0.669. The van der Waals surface area contributed by atoms with Crippen molar-refractivity contribution in [1.82, 2.24) is 14.9 Å². The van der Waals surface area contributed by atoms with Gasteiger partial charge in [0.15, 0.2) is 0 Å². The summed E-state index contributed by atoms with van der Waals surface area (Å²) in [6.45, 7) is 6.40. The predicted molar refractivity (Wildman–Crippen MR) is 108 cm³/mol. The van der Waals surface area contributed by atoms with Crippen molar-refractivity contribution in [3.05, 3.63) is 59.4 Å². The van der Waals surface area contributed by atoms with Gasteiger partial charge in [0, 0.05) is 19.5 Å². The second-order valence-corrected chi connectivity index (χ2v) is 6.74. The lowest BCUT2D eigenvalue weighted by Crippen LogP contribution is -2.14. The molecule has 142 valence electrons. The van der Waals surface area contributed by atoms with Gasteiger partial charge in [-0.05, 0) is 56.0 Å². The molecule has 5 heteroatoms. The van der Waals surface area contributed by atoms with E-state index in [0.717, 1.165) is 54.8 Å². The van der Waals surface area contributed by atoms with Crippen LogP contribution < -0.4 is 10.1 Å². The fraction of sp³-hybridized carbons (Fsp3) is 0.364. The Morgan fingerprint density at radius 1 is 1.11 bits per heavy atom. The molecule has 1 aromatic heterocycles. The summed E-state index contributed by atoms with van der Waals surface area (Å²) in [4.78, 5) is 15.2. The second-order valence-electron chi connectivity index (χ2n) is 6.74. The molecule has 27 heavy (non-hydrogen) atoms. The zero-order chi connectivity index (χ0) is 19.1. The molecule has 0 aliphatic carbocycles. The number of aryl methyl sites for hydroxylation is 3. The highest BCUT2D eigenvalue weighted by Gasteiger charge is 2.10. The number of nitrogens with zero attached hydrogens (tertiary/aromatic N) is 2. The Morgan fingerprint density at radius 3 is 2.81 bits per heavy atom. The number of aromatic nitrogens is 2. The smallest absolute Gasteiger partial charge is 0.207 e. The molecule has 0 radical (unpaired) electrons. The molecule has 0 aliphatic heterocycles. The fourth-order valence-corrected chi connectivity index (χ4v) is 3.26. The summed E-state index contributed by atoms with van der Waals surface area (Å²) in [5.74, 6) is 2.03. The summed E-state index contributed by atoms with van der Waals surface area (Å²) in [7, 11) is 0. The van der Waals surface area contributed by atoms with Crippen molar-refractivity contribution in [3.63, 3.8) is 0 Å². The summed E-state index contributed by atoms with van der Waals surface area (Å²) in [5, 5.41) is 2.71. The Kier molecular flexibility index (Phi) is 6.47. The van der Waals surface area contributed by atoms with Crippen molar-refractivity contribution in [2.75, 3.05) is 13.2 Å². The van der Waals surface area contributed by atoms with E-state index in [1.165, 1.54) is 11.1 Å². The van der Waals surface area contributed by atoms with Gasteiger partial charge in [0.1, 0.15) is 11.6 Å². The number of nitrogens with one attached hydrogen (secondary N) is 1. The van der Waals surface area contributed by atoms with Gasteiger partial charge in [0.05, 0.1) is 17.6 Å². The third kappa shape index (κ3) is 4.67. The quantitative estimate of drug-likeness (QED) is 0.439. The van der Waals surface area contributed by atoms with Crippen LogP contribution in [0.5, 0.6) is 5.75 Å². The van der Waals surface area contributed by atoms with Crippen molar-refractivity contribution in [1.29, 1.82) is 0 Å². The number of hydrogen-bond donors (Lipinski definition) is 1. The number of carbonyl (C=O) groups is 1. The molecule has 1 heterocycles. The van der Waals surface area contributed by atoms with Gasteiger partial charge in [-0.25, -0.2) is 4.98 Å². The highest BCUT2D eigenvalue weighted by molar-refractivity contribution is 5.75. The van der Waals surface area contributed by atoms with Crippen LogP contribution in [0.15, 0.2) is 42.5 Å². The van der Waals surface area contributed by atoms with Gasteiger partial charge < -0.3 is 14.6 Å². The van der Waals surface area contributed by atoms with Crippen molar-refractivity contribution in [3.8, 4) is 5.75 Å². The number of hydrogen-bond acceptors (Lipinski definition) is 3. The first-order valence-corrected chi connectivity index (χ1v) is 9.51. The van der Waals surface area contributed by atoms with Crippen LogP contribution in [0.1, 0.15) is 29.8 Å². The van der Waals surface area contributed by atoms with Crippen molar-refractivity contribution >= 4 is 17.4 Å². The summed E-state index contributed by atoms with van der Waals surface area (Å²) < 4.78 is 8.28. The molecule has 1 N–H and O–H groups in total. The van der Waals surface area contributed by atoms with Crippen LogP contribution in [0.3, 0.4) is 0 Å². The van der Waals surface area contributed by atoms with Crippen LogP contribution in [-0.4, -0.2) is 29.1 Å². The summed E-state index contributed by atoms with van der Waals surface area (Å²) in [5.41, 5.74) is 4.63. The molecule has 0 saturated heterocycles. The Balaban J connectivity index is 1.64. The van der Waals surface area contributed by atoms with Gasteiger partial charge in [-0.3, -0.25) is 4.79 Å². The minimum atomic E-state index is 0.669. The van der Waals surface area contributed by atoms with E-state index in [2.05, 4.69) is 35.9 Å². The summed E-state index contributed by atoms with van der Waals surface area (Å²) >= 11 is 0. The average Bonchev–Trinajstić information content (AvgIpc) is 3.03. The van der Waals surface area contributed by atoms with Gasteiger partial charge in [-0.15, -0.1) is 0 Å². The normalized spacial score (nSPS) is 10.9. The number of para-hydroxylation sites is 2. The standard InChI is InChI=1S/C22H27N3O2/c1-17-8-5-11-21(18(17)2)27-15-7-14-25-20-10-4-3-9-19(20)24-22(25)12-6-13-23-16-26/h3-5,8-11,16H,6-7,12-15H2,1-2H3,(H,23,26). The van der Waals surface area contributed by atoms with Crippen molar-refractivity contribution < 1.29 is 9.53 Å². The average molecular weight is 365 g/mol. The van der Waals surface area contributed by atoms with E-state index in [1.54, 1.807) is 0 Å². The first kappa shape index (κ1) is 19.0. The van der Waals surface area contributed by atoms with Crippen LogP contribution in [0, 0.1) is 13.8 Å². The molecule has 3 rings (SSSR count). The molecule has 0 spiro atoms. The topological polar surface area (TPSA) is 56.1 Å². The number of rotatable bonds is 10. The molecular formula is C22H27N3O2. The number of carbonyl (C=O) groups excluding carboxylic acids is 1. The van der Waals surface area contributed by atoms with Gasteiger partial charge in [0.2, 0.25) is 6.41 Å². The maximum atomic E-state index is 10.4. The van der Waals surface area contributed by atoms with Gasteiger partial charge in [-0.1, -0.05) is 24.3 Å². The Morgan fingerprint density at radius 2 is 1.96 bits per heavy atom. The molecule has 0 saturated carbocycles. The highest BCUT2D eigenvalue weighted by Crippen LogP contribution is 2.21. The molecule has 1 amide bonds. The Hall–Kier alpha value is -2.82. The van der Waals surface area contributed by atoms with E-state index < -0.39 is 0 Å². The van der Waals surface area contributed by atoms with Crippen LogP contribution in [-0.2, 0) is 17.8 Å². The summed E-state index contributed by atoms with van der Waals surface area (Å²) in [6, 6.07) is 14.4. The molecule has 0 aliphatic rings. The number of benzene rings is 2.